The van der Waals surface area contributed by atoms with E-state index >= 15 is 0 Å². The smallest absolute Gasteiger partial charge is 0.407 e. The van der Waals surface area contributed by atoms with Crippen molar-refractivity contribution in [2.45, 2.75) is 53.7 Å². The van der Waals surface area contributed by atoms with Gasteiger partial charge in [0, 0.05) is 18.8 Å². The molecule has 1 aromatic carbocycles. The average molecular weight is 396 g/mol. The third-order valence-electron chi connectivity index (χ3n) is 4.49. The molecule has 7 heteroatoms. The van der Waals surface area contributed by atoms with Crippen molar-refractivity contribution in [3.8, 4) is 11.6 Å². The molecule has 1 amide bonds. The summed E-state index contributed by atoms with van der Waals surface area (Å²) < 4.78 is 13.4. The molecule has 0 radical (unpaired) electrons. The molecule has 29 heavy (non-hydrogen) atoms. The molecule has 0 unspecified atom stereocenters. The second-order valence-electron chi connectivity index (χ2n) is 7.98. The van der Waals surface area contributed by atoms with E-state index in [1.807, 2.05) is 71.9 Å². The lowest BCUT2D eigenvalue weighted by Gasteiger charge is -2.20. The highest BCUT2D eigenvalue weighted by Crippen LogP contribution is 2.31. The number of carbonyl (C=O) groups is 1. The lowest BCUT2D eigenvalue weighted by Crippen LogP contribution is -2.34. The summed E-state index contributed by atoms with van der Waals surface area (Å²) in [5.74, 6) is 2.03. The molecule has 2 heterocycles. The molecular weight excluding hydrogens is 368 g/mol. The third-order valence-corrected chi connectivity index (χ3v) is 4.49. The standard InChI is InChI=1S/C22H28N4O3/c1-14-15(2)24-20(28-17-10-8-7-9-11-17)18-19(14)26(16(3)25-18)13-12-23-21(27)29-22(4,5)6/h7-11H,12-13H2,1-6H3,(H,23,27). The molecule has 3 aromatic rings. The predicted octanol–water partition coefficient (Wildman–Crippen LogP) is 4.67. The Morgan fingerprint density at radius 1 is 1.10 bits per heavy atom. The Labute approximate surface area is 171 Å². The number of pyridine rings is 1. The zero-order valence-electron chi connectivity index (χ0n) is 17.9. The maximum absolute atomic E-state index is 11.9. The van der Waals surface area contributed by atoms with E-state index in [2.05, 4.69) is 14.9 Å². The van der Waals surface area contributed by atoms with E-state index in [0.29, 0.717) is 30.2 Å². The average Bonchev–Trinajstić information content (AvgIpc) is 2.96. The quantitative estimate of drug-likeness (QED) is 0.678. The van der Waals surface area contributed by atoms with Crippen LogP contribution in [0.4, 0.5) is 4.79 Å². The molecular formula is C22H28N4O3. The fraction of sp³-hybridized carbons (Fsp3) is 0.409. The topological polar surface area (TPSA) is 78.3 Å². The number of nitrogens with one attached hydrogen (secondary N) is 1. The van der Waals surface area contributed by atoms with Gasteiger partial charge in [-0.25, -0.2) is 14.8 Å². The number of aryl methyl sites for hydroxylation is 3. The predicted molar refractivity (Wildman–Crippen MR) is 112 cm³/mol. The van der Waals surface area contributed by atoms with Gasteiger partial charge >= 0.3 is 6.09 Å². The normalized spacial score (nSPS) is 11.5. The first-order valence-corrected chi connectivity index (χ1v) is 9.69. The number of para-hydroxylation sites is 1. The summed E-state index contributed by atoms with van der Waals surface area (Å²) in [4.78, 5) is 21.2. The first-order chi connectivity index (χ1) is 13.7. The Hall–Kier alpha value is -3.09. The van der Waals surface area contributed by atoms with E-state index in [1.54, 1.807) is 0 Å². The second-order valence-corrected chi connectivity index (χ2v) is 7.98. The second kappa shape index (κ2) is 8.11. The van der Waals surface area contributed by atoms with Gasteiger partial charge in [-0.3, -0.25) is 0 Å². The van der Waals surface area contributed by atoms with Gasteiger partial charge < -0.3 is 19.4 Å². The molecule has 0 saturated carbocycles. The third kappa shape index (κ3) is 4.85. The summed E-state index contributed by atoms with van der Waals surface area (Å²) in [6, 6.07) is 9.54. The fourth-order valence-electron chi connectivity index (χ4n) is 3.08. The number of ether oxygens (including phenoxy) is 2. The van der Waals surface area contributed by atoms with Gasteiger partial charge in [-0.2, -0.15) is 0 Å². The van der Waals surface area contributed by atoms with E-state index in [4.69, 9.17) is 14.5 Å². The lowest BCUT2D eigenvalue weighted by atomic mass is 10.2. The zero-order chi connectivity index (χ0) is 21.2. The highest BCUT2D eigenvalue weighted by atomic mass is 16.6. The fourth-order valence-corrected chi connectivity index (χ4v) is 3.08. The number of fused-ring (bicyclic) bond motifs is 1. The molecule has 0 aliphatic carbocycles. The Morgan fingerprint density at radius 3 is 2.45 bits per heavy atom. The summed E-state index contributed by atoms with van der Waals surface area (Å²) >= 11 is 0. The first-order valence-electron chi connectivity index (χ1n) is 9.69. The number of nitrogens with zero attached hydrogens (tertiary/aromatic N) is 3. The Bertz CT molecular complexity index is 1020. The van der Waals surface area contributed by atoms with Crippen molar-refractivity contribution in [1.82, 2.24) is 19.9 Å². The van der Waals surface area contributed by atoms with Gasteiger partial charge in [0.15, 0.2) is 5.52 Å². The van der Waals surface area contributed by atoms with Gasteiger partial charge in [-0.1, -0.05) is 18.2 Å². The van der Waals surface area contributed by atoms with Gasteiger partial charge in [-0.15, -0.1) is 0 Å². The van der Waals surface area contributed by atoms with E-state index in [0.717, 1.165) is 22.6 Å². The Balaban J connectivity index is 1.87. The van der Waals surface area contributed by atoms with Crippen LogP contribution in [0, 0.1) is 20.8 Å². The van der Waals surface area contributed by atoms with Crippen molar-refractivity contribution >= 4 is 17.1 Å². The van der Waals surface area contributed by atoms with Crippen LogP contribution in [-0.4, -0.2) is 32.8 Å². The van der Waals surface area contributed by atoms with E-state index in [-0.39, 0.29) is 0 Å². The molecule has 154 valence electrons. The molecule has 0 fully saturated rings. The van der Waals surface area contributed by atoms with E-state index < -0.39 is 11.7 Å². The van der Waals surface area contributed by atoms with Gasteiger partial charge in [0.1, 0.15) is 17.2 Å². The minimum atomic E-state index is -0.523. The van der Waals surface area contributed by atoms with Crippen LogP contribution in [0.3, 0.4) is 0 Å². The Kier molecular flexibility index (Phi) is 5.77. The van der Waals surface area contributed by atoms with Crippen molar-refractivity contribution in [3.05, 3.63) is 47.4 Å². The summed E-state index contributed by atoms with van der Waals surface area (Å²) in [6.45, 7) is 12.4. The number of amides is 1. The van der Waals surface area contributed by atoms with Crippen molar-refractivity contribution in [2.75, 3.05) is 6.54 Å². The molecule has 7 nitrogen and oxygen atoms in total. The lowest BCUT2D eigenvalue weighted by molar-refractivity contribution is 0.0526. The molecule has 0 atom stereocenters. The maximum atomic E-state index is 11.9. The van der Waals surface area contributed by atoms with Gasteiger partial charge in [0.25, 0.3) is 0 Å². The number of rotatable bonds is 5. The summed E-state index contributed by atoms with van der Waals surface area (Å²) in [6.07, 6.45) is -0.428. The minimum absolute atomic E-state index is 0.427. The van der Waals surface area contributed by atoms with Crippen molar-refractivity contribution in [2.24, 2.45) is 0 Å². The Morgan fingerprint density at radius 2 is 1.79 bits per heavy atom. The number of carbonyl (C=O) groups excluding carboxylic acids is 1. The largest absolute Gasteiger partial charge is 0.444 e. The van der Waals surface area contributed by atoms with Crippen LogP contribution in [0.15, 0.2) is 30.3 Å². The van der Waals surface area contributed by atoms with E-state index in [9.17, 15) is 4.79 Å². The van der Waals surface area contributed by atoms with Crippen LogP contribution < -0.4 is 10.1 Å². The number of benzene rings is 1. The van der Waals surface area contributed by atoms with Crippen LogP contribution in [0.25, 0.3) is 11.0 Å². The maximum Gasteiger partial charge on any atom is 0.407 e. The number of hydrogen-bond donors (Lipinski definition) is 1. The molecule has 0 aliphatic rings. The van der Waals surface area contributed by atoms with E-state index in [1.165, 1.54) is 0 Å². The van der Waals surface area contributed by atoms with Crippen LogP contribution in [0.1, 0.15) is 37.9 Å². The summed E-state index contributed by atoms with van der Waals surface area (Å²) in [5.41, 5.74) is 3.08. The molecule has 2 aromatic heterocycles. The molecule has 0 bridgehead atoms. The van der Waals surface area contributed by atoms with Crippen molar-refractivity contribution < 1.29 is 14.3 Å². The van der Waals surface area contributed by atoms with Crippen LogP contribution in [0.5, 0.6) is 11.6 Å². The summed E-state index contributed by atoms with van der Waals surface area (Å²) in [7, 11) is 0. The molecule has 0 aliphatic heterocycles. The highest BCUT2D eigenvalue weighted by molar-refractivity contribution is 5.85. The molecule has 3 rings (SSSR count). The molecule has 1 N–H and O–H groups in total. The van der Waals surface area contributed by atoms with Gasteiger partial charge in [0.2, 0.25) is 5.88 Å². The number of imidazole rings is 1. The number of alkyl carbamates (subject to hydrolysis) is 1. The monoisotopic (exact) mass is 396 g/mol. The summed E-state index contributed by atoms with van der Waals surface area (Å²) in [5, 5.41) is 2.80. The minimum Gasteiger partial charge on any atom is -0.444 e. The number of hydrogen-bond acceptors (Lipinski definition) is 5. The van der Waals surface area contributed by atoms with Crippen LogP contribution >= 0.6 is 0 Å². The SMILES string of the molecule is Cc1nc(Oc2ccccc2)c2nc(C)n(CCNC(=O)OC(C)(C)C)c2c1C. The molecule has 0 saturated heterocycles. The van der Waals surface area contributed by atoms with Crippen LogP contribution in [0.2, 0.25) is 0 Å². The van der Waals surface area contributed by atoms with Crippen molar-refractivity contribution in [1.29, 1.82) is 0 Å². The van der Waals surface area contributed by atoms with Crippen molar-refractivity contribution in [3.63, 3.8) is 0 Å². The van der Waals surface area contributed by atoms with Crippen LogP contribution in [-0.2, 0) is 11.3 Å². The zero-order valence-corrected chi connectivity index (χ0v) is 17.9. The van der Waals surface area contributed by atoms with Gasteiger partial charge in [-0.05, 0) is 59.2 Å². The number of aromatic nitrogens is 3. The first kappa shape index (κ1) is 20.6. The van der Waals surface area contributed by atoms with Gasteiger partial charge in [0.05, 0.1) is 5.52 Å². The highest BCUT2D eigenvalue weighted by Gasteiger charge is 2.19. The molecule has 0 spiro atoms.